The van der Waals surface area contributed by atoms with Crippen molar-refractivity contribution in [3.63, 3.8) is 0 Å². The molecule has 0 atom stereocenters. The highest BCUT2D eigenvalue weighted by atomic mass is 19.1. The van der Waals surface area contributed by atoms with E-state index >= 15 is 0 Å². The number of nitrogens with one attached hydrogen (secondary N) is 1. The van der Waals surface area contributed by atoms with Gasteiger partial charge in [0.15, 0.2) is 11.5 Å². The van der Waals surface area contributed by atoms with Gasteiger partial charge < -0.3 is 9.47 Å². The van der Waals surface area contributed by atoms with Crippen LogP contribution in [0.5, 0.6) is 11.5 Å². The highest BCUT2D eigenvalue weighted by Gasteiger charge is 2.08. The van der Waals surface area contributed by atoms with E-state index in [4.69, 9.17) is 9.47 Å². The maximum Gasteiger partial charge on any atom is 0.271 e. The molecular formula is C22H19FN2O3. The Morgan fingerprint density at radius 2 is 1.79 bits per heavy atom. The van der Waals surface area contributed by atoms with Crippen LogP contribution in [0.15, 0.2) is 77.9 Å². The average Bonchev–Trinajstić information content (AvgIpc) is 2.74. The van der Waals surface area contributed by atoms with Crippen molar-refractivity contribution in [1.29, 1.82) is 0 Å². The number of amides is 1. The number of hydrazone groups is 1. The number of hydrogen-bond acceptors (Lipinski definition) is 4. The minimum Gasteiger partial charge on any atom is -0.493 e. The van der Waals surface area contributed by atoms with Crippen LogP contribution < -0.4 is 14.9 Å². The molecular weight excluding hydrogens is 359 g/mol. The van der Waals surface area contributed by atoms with Gasteiger partial charge in [0, 0.05) is 11.1 Å². The second-order valence-corrected chi connectivity index (χ2v) is 5.86. The first-order chi connectivity index (χ1) is 13.7. The molecule has 0 radical (unpaired) electrons. The summed E-state index contributed by atoms with van der Waals surface area (Å²) >= 11 is 0. The maximum atomic E-state index is 13.7. The summed E-state index contributed by atoms with van der Waals surface area (Å²) in [6.45, 7) is 0.0869. The van der Waals surface area contributed by atoms with E-state index in [1.165, 1.54) is 19.4 Å². The fraction of sp³-hybridized carbons (Fsp3) is 0.0909. The zero-order valence-corrected chi connectivity index (χ0v) is 15.3. The van der Waals surface area contributed by atoms with Crippen LogP contribution in [0.1, 0.15) is 21.5 Å². The number of benzene rings is 3. The van der Waals surface area contributed by atoms with E-state index in [1.54, 1.807) is 60.7 Å². The summed E-state index contributed by atoms with van der Waals surface area (Å²) in [4.78, 5) is 12.0. The average molecular weight is 378 g/mol. The van der Waals surface area contributed by atoms with Gasteiger partial charge in [-0.2, -0.15) is 5.10 Å². The molecule has 0 bridgehead atoms. The molecule has 0 saturated carbocycles. The topological polar surface area (TPSA) is 59.9 Å². The summed E-state index contributed by atoms with van der Waals surface area (Å²) in [5.41, 5.74) is 4.16. The second kappa shape index (κ2) is 9.32. The molecule has 28 heavy (non-hydrogen) atoms. The van der Waals surface area contributed by atoms with E-state index in [1.807, 2.05) is 6.07 Å². The van der Waals surface area contributed by atoms with Gasteiger partial charge in [-0.3, -0.25) is 4.79 Å². The highest BCUT2D eigenvalue weighted by Crippen LogP contribution is 2.28. The highest BCUT2D eigenvalue weighted by molar-refractivity contribution is 5.94. The van der Waals surface area contributed by atoms with Crippen molar-refractivity contribution in [2.45, 2.75) is 6.61 Å². The smallest absolute Gasteiger partial charge is 0.271 e. The number of carbonyl (C=O) groups is 1. The third-order valence-corrected chi connectivity index (χ3v) is 3.94. The Morgan fingerprint density at radius 1 is 1.04 bits per heavy atom. The van der Waals surface area contributed by atoms with Crippen LogP contribution in [0.2, 0.25) is 0 Å². The van der Waals surface area contributed by atoms with Crippen LogP contribution in [-0.2, 0) is 6.61 Å². The molecule has 0 unspecified atom stereocenters. The molecule has 0 fully saturated rings. The summed E-state index contributed by atoms with van der Waals surface area (Å²) in [5, 5.41) is 3.96. The number of halogens is 1. The van der Waals surface area contributed by atoms with E-state index < -0.39 is 0 Å². The van der Waals surface area contributed by atoms with Crippen molar-refractivity contribution in [2.24, 2.45) is 5.10 Å². The van der Waals surface area contributed by atoms with E-state index in [2.05, 4.69) is 10.5 Å². The lowest BCUT2D eigenvalue weighted by molar-refractivity contribution is 0.0955. The van der Waals surface area contributed by atoms with Crippen molar-refractivity contribution >= 4 is 12.1 Å². The van der Waals surface area contributed by atoms with Gasteiger partial charge in [-0.15, -0.1) is 0 Å². The molecule has 1 N–H and O–H groups in total. The molecule has 0 aliphatic rings. The zero-order chi connectivity index (χ0) is 19.8. The number of carbonyl (C=O) groups excluding carboxylic acids is 1. The Kier molecular flexibility index (Phi) is 6.36. The largest absolute Gasteiger partial charge is 0.493 e. The summed E-state index contributed by atoms with van der Waals surface area (Å²) in [6.07, 6.45) is 1.50. The van der Waals surface area contributed by atoms with Crippen LogP contribution in [-0.4, -0.2) is 19.2 Å². The number of rotatable bonds is 7. The van der Waals surface area contributed by atoms with Crippen molar-refractivity contribution < 1.29 is 18.7 Å². The number of hydrogen-bond donors (Lipinski definition) is 1. The molecule has 5 nitrogen and oxygen atoms in total. The molecule has 3 rings (SSSR count). The van der Waals surface area contributed by atoms with Crippen LogP contribution >= 0.6 is 0 Å². The van der Waals surface area contributed by atoms with E-state index in [9.17, 15) is 9.18 Å². The molecule has 0 spiro atoms. The van der Waals surface area contributed by atoms with Gasteiger partial charge >= 0.3 is 0 Å². The van der Waals surface area contributed by atoms with Crippen LogP contribution in [0.4, 0.5) is 4.39 Å². The quantitative estimate of drug-likeness (QED) is 0.496. The molecule has 0 aliphatic carbocycles. The molecule has 0 saturated heterocycles. The summed E-state index contributed by atoms with van der Waals surface area (Å²) < 4.78 is 24.7. The molecule has 0 heterocycles. The Hall–Kier alpha value is -3.67. The molecule has 1 amide bonds. The third-order valence-electron chi connectivity index (χ3n) is 3.94. The third kappa shape index (κ3) is 4.94. The molecule has 0 aromatic heterocycles. The monoisotopic (exact) mass is 378 g/mol. The Balaban J connectivity index is 1.64. The van der Waals surface area contributed by atoms with Gasteiger partial charge in [-0.05, 0) is 42.0 Å². The first-order valence-corrected chi connectivity index (χ1v) is 8.60. The van der Waals surface area contributed by atoms with E-state index in [-0.39, 0.29) is 18.3 Å². The van der Waals surface area contributed by atoms with Crippen molar-refractivity contribution in [3.05, 3.63) is 95.3 Å². The summed E-state index contributed by atoms with van der Waals surface area (Å²) in [5.74, 6) is 0.346. The molecule has 3 aromatic carbocycles. The van der Waals surface area contributed by atoms with Crippen molar-refractivity contribution in [3.8, 4) is 11.5 Å². The number of methoxy groups -OCH3 is 1. The Morgan fingerprint density at radius 3 is 2.54 bits per heavy atom. The van der Waals surface area contributed by atoms with Gasteiger partial charge in [-0.1, -0.05) is 36.4 Å². The summed E-state index contributed by atoms with van der Waals surface area (Å²) in [6, 6.07) is 20.4. The lowest BCUT2D eigenvalue weighted by Crippen LogP contribution is -2.17. The van der Waals surface area contributed by atoms with Gasteiger partial charge in [0.1, 0.15) is 12.4 Å². The molecule has 142 valence electrons. The Labute approximate surface area is 162 Å². The fourth-order valence-corrected chi connectivity index (χ4v) is 2.47. The first kappa shape index (κ1) is 19.1. The fourth-order valence-electron chi connectivity index (χ4n) is 2.47. The number of nitrogens with zero attached hydrogens (tertiary/aromatic N) is 1. The summed E-state index contributed by atoms with van der Waals surface area (Å²) in [7, 11) is 1.52. The number of ether oxygens (including phenoxy) is 2. The maximum absolute atomic E-state index is 13.7. The molecule has 6 heteroatoms. The predicted molar refractivity (Wildman–Crippen MR) is 105 cm³/mol. The first-order valence-electron chi connectivity index (χ1n) is 8.60. The minimum absolute atomic E-state index is 0.0869. The second-order valence-electron chi connectivity index (χ2n) is 5.86. The Bertz CT molecular complexity index is 975. The SMILES string of the molecule is COc1cc(/C=N\NC(=O)c2ccccc2)ccc1OCc1ccccc1F. The standard InChI is InChI=1S/C22H19FN2O3/c1-27-21-13-16(14-24-25-22(26)17-7-3-2-4-8-17)11-12-20(21)28-15-18-9-5-6-10-19(18)23/h2-14H,15H2,1H3,(H,25,26)/b24-14-. The molecule has 3 aromatic rings. The lowest BCUT2D eigenvalue weighted by atomic mass is 10.2. The van der Waals surface area contributed by atoms with Gasteiger partial charge in [0.05, 0.1) is 13.3 Å². The van der Waals surface area contributed by atoms with Crippen molar-refractivity contribution in [1.82, 2.24) is 5.43 Å². The van der Waals surface area contributed by atoms with E-state index in [0.717, 1.165) is 0 Å². The van der Waals surface area contributed by atoms with Gasteiger partial charge in [0.25, 0.3) is 5.91 Å². The van der Waals surface area contributed by atoms with Crippen molar-refractivity contribution in [2.75, 3.05) is 7.11 Å². The van der Waals surface area contributed by atoms with E-state index in [0.29, 0.717) is 28.2 Å². The van der Waals surface area contributed by atoms with Gasteiger partial charge in [0.2, 0.25) is 0 Å². The van der Waals surface area contributed by atoms with Gasteiger partial charge in [-0.25, -0.2) is 9.82 Å². The van der Waals surface area contributed by atoms with Crippen LogP contribution in [0.3, 0.4) is 0 Å². The van der Waals surface area contributed by atoms with Crippen LogP contribution in [0, 0.1) is 5.82 Å². The van der Waals surface area contributed by atoms with Crippen LogP contribution in [0.25, 0.3) is 0 Å². The predicted octanol–water partition coefficient (Wildman–Crippen LogP) is 4.18. The zero-order valence-electron chi connectivity index (χ0n) is 15.3. The minimum atomic E-state index is -0.320. The normalized spacial score (nSPS) is 10.6. The molecule has 0 aliphatic heterocycles. The lowest BCUT2D eigenvalue weighted by Gasteiger charge is -2.11.